The first-order chi connectivity index (χ1) is 7.74. The van der Waals surface area contributed by atoms with Crippen molar-refractivity contribution in [3.63, 3.8) is 0 Å². The topological polar surface area (TPSA) is 72.2 Å². The fourth-order valence-corrected chi connectivity index (χ4v) is 2.74. The maximum Gasteiger partial charge on any atom is 0.240 e. The standard InChI is InChI=1S/C11H15BrN2O2S/c1-7-4-10(5-11(13)9(7)3)17(15,16)14-6-8(2)12/h4-5,14H,2,6,13H2,1,3H3. The molecule has 0 aliphatic carbocycles. The fraction of sp³-hybridized carbons (Fsp3) is 0.273. The van der Waals surface area contributed by atoms with Gasteiger partial charge < -0.3 is 5.73 Å². The summed E-state index contributed by atoms with van der Waals surface area (Å²) >= 11 is 3.09. The molecule has 4 nitrogen and oxygen atoms in total. The molecule has 1 aromatic carbocycles. The lowest BCUT2D eigenvalue weighted by Gasteiger charge is -2.10. The molecule has 0 heterocycles. The van der Waals surface area contributed by atoms with Gasteiger partial charge >= 0.3 is 0 Å². The highest BCUT2D eigenvalue weighted by atomic mass is 79.9. The average molecular weight is 319 g/mol. The molecule has 6 heteroatoms. The van der Waals surface area contributed by atoms with Crippen LogP contribution in [-0.4, -0.2) is 15.0 Å². The smallest absolute Gasteiger partial charge is 0.240 e. The van der Waals surface area contributed by atoms with Crippen molar-refractivity contribution >= 4 is 31.6 Å². The number of hydrogen-bond acceptors (Lipinski definition) is 3. The van der Waals surface area contributed by atoms with Gasteiger partial charge in [0, 0.05) is 16.7 Å². The molecule has 0 fully saturated rings. The van der Waals surface area contributed by atoms with Gasteiger partial charge in [-0.2, -0.15) is 0 Å². The van der Waals surface area contributed by atoms with E-state index in [1.807, 2.05) is 13.8 Å². The van der Waals surface area contributed by atoms with E-state index in [0.29, 0.717) is 10.2 Å². The Morgan fingerprint density at radius 3 is 2.53 bits per heavy atom. The normalized spacial score (nSPS) is 11.5. The molecule has 1 rings (SSSR count). The van der Waals surface area contributed by atoms with Crippen molar-refractivity contribution in [3.8, 4) is 0 Å². The molecule has 0 amide bonds. The van der Waals surface area contributed by atoms with Crippen LogP contribution in [0.15, 0.2) is 28.1 Å². The van der Waals surface area contributed by atoms with Crippen LogP contribution in [0.5, 0.6) is 0 Å². The van der Waals surface area contributed by atoms with E-state index in [4.69, 9.17) is 5.73 Å². The van der Waals surface area contributed by atoms with Crippen molar-refractivity contribution in [2.24, 2.45) is 0 Å². The van der Waals surface area contributed by atoms with Crippen molar-refractivity contribution in [1.29, 1.82) is 0 Å². The van der Waals surface area contributed by atoms with E-state index in [-0.39, 0.29) is 11.4 Å². The average Bonchev–Trinajstić information content (AvgIpc) is 2.22. The SMILES string of the molecule is C=C(Br)CNS(=O)(=O)c1cc(C)c(C)c(N)c1. The summed E-state index contributed by atoms with van der Waals surface area (Å²) in [5, 5.41) is 0. The lowest BCUT2D eigenvalue weighted by molar-refractivity contribution is 0.585. The first kappa shape index (κ1) is 14.2. The lowest BCUT2D eigenvalue weighted by Crippen LogP contribution is -2.25. The highest BCUT2D eigenvalue weighted by Crippen LogP contribution is 2.21. The molecule has 3 N–H and O–H groups in total. The predicted molar refractivity (Wildman–Crippen MR) is 73.6 cm³/mol. The number of anilines is 1. The minimum atomic E-state index is -3.54. The molecule has 0 unspecified atom stereocenters. The molecule has 0 aliphatic heterocycles. The summed E-state index contributed by atoms with van der Waals surface area (Å²) in [6.45, 7) is 7.40. The second-order valence-corrected chi connectivity index (χ2v) is 6.68. The van der Waals surface area contributed by atoms with Crippen LogP contribution in [0.2, 0.25) is 0 Å². The number of nitrogens with two attached hydrogens (primary N) is 1. The Labute approximate surface area is 110 Å². The number of nitrogens with one attached hydrogen (secondary N) is 1. The second-order valence-electron chi connectivity index (χ2n) is 3.80. The molecule has 0 spiro atoms. The zero-order valence-electron chi connectivity index (χ0n) is 9.75. The van der Waals surface area contributed by atoms with Gasteiger partial charge in [0.25, 0.3) is 0 Å². The monoisotopic (exact) mass is 318 g/mol. The Hall–Kier alpha value is -0.850. The van der Waals surface area contributed by atoms with E-state index >= 15 is 0 Å². The summed E-state index contributed by atoms with van der Waals surface area (Å²) in [5.41, 5.74) is 7.98. The van der Waals surface area contributed by atoms with E-state index in [1.54, 1.807) is 6.07 Å². The fourth-order valence-electron chi connectivity index (χ4n) is 1.26. The summed E-state index contributed by atoms with van der Waals surface area (Å²) in [4.78, 5) is 0.173. The molecule has 0 bridgehead atoms. The van der Waals surface area contributed by atoms with Gasteiger partial charge in [-0.1, -0.05) is 22.5 Å². The number of hydrogen-bond donors (Lipinski definition) is 2. The quantitative estimate of drug-likeness (QED) is 0.835. The van der Waals surface area contributed by atoms with Gasteiger partial charge in [-0.3, -0.25) is 0 Å². The molecule has 0 aliphatic rings. The third kappa shape index (κ3) is 3.55. The van der Waals surface area contributed by atoms with Crippen molar-refractivity contribution in [3.05, 3.63) is 34.3 Å². The van der Waals surface area contributed by atoms with Crippen molar-refractivity contribution in [1.82, 2.24) is 4.72 Å². The van der Waals surface area contributed by atoms with Crippen LogP contribution in [-0.2, 0) is 10.0 Å². The second kappa shape index (κ2) is 5.20. The van der Waals surface area contributed by atoms with Crippen LogP contribution in [0.1, 0.15) is 11.1 Å². The van der Waals surface area contributed by atoms with Gasteiger partial charge in [-0.05, 0) is 37.1 Å². The number of sulfonamides is 1. The van der Waals surface area contributed by atoms with Gasteiger partial charge in [-0.15, -0.1) is 0 Å². The molecule has 0 saturated carbocycles. The van der Waals surface area contributed by atoms with Crippen LogP contribution in [0.4, 0.5) is 5.69 Å². The Bertz CT molecular complexity index is 530. The van der Waals surface area contributed by atoms with Crippen LogP contribution in [0.25, 0.3) is 0 Å². The van der Waals surface area contributed by atoms with E-state index in [1.165, 1.54) is 6.07 Å². The lowest BCUT2D eigenvalue weighted by atomic mass is 10.1. The maximum atomic E-state index is 11.9. The molecule has 1 aromatic rings. The largest absolute Gasteiger partial charge is 0.398 e. The van der Waals surface area contributed by atoms with E-state index in [0.717, 1.165) is 11.1 Å². The summed E-state index contributed by atoms with van der Waals surface area (Å²) < 4.78 is 26.8. The zero-order valence-corrected chi connectivity index (χ0v) is 12.2. The number of nitrogen functional groups attached to an aromatic ring is 1. The number of halogens is 1. The van der Waals surface area contributed by atoms with Crippen molar-refractivity contribution in [2.45, 2.75) is 18.7 Å². The van der Waals surface area contributed by atoms with Gasteiger partial charge in [0.05, 0.1) is 4.90 Å². The minimum Gasteiger partial charge on any atom is -0.398 e. The Morgan fingerprint density at radius 1 is 1.47 bits per heavy atom. The molecule has 0 radical (unpaired) electrons. The van der Waals surface area contributed by atoms with Crippen molar-refractivity contribution in [2.75, 3.05) is 12.3 Å². The van der Waals surface area contributed by atoms with E-state index < -0.39 is 10.0 Å². The highest BCUT2D eigenvalue weighted by molar-refractivity contribution is 9.11. The van der Waals surface area contributed by atoms with Gasteiger partial charge in [0.15, 0.2) is 0 Å². The Balaban J connectivity index is 3.12. The summed E-state index contributed by atoms with van der Waals surface area (Å²) in [6, 6.07) is 3.06. The summed E-state index contributed by atoms with van der Waals surface area (Å²) in [6.07, 6.45) is 0. The Kier molecular flexibility index (Phi) is 4.35. The molecule has 17 heavy (non-hydrogen) atoms. The van der Waals surface area contributed by atoms with Crippen LogP contribution in [0.3, 0.4) is 0 Å². The third-order valence-electron chi connectivity index (χ3n) is 2.45. The summed E-state index contributed by atoms with van der Waals surface area (Å²) in [7, 11) is -3.54. The van der Waals surface area contributed by atoms with E-state index in [9.17, 15) is 8.42 Å². The van der Waals surface area contributed by atoms with Gasteiger partial charge in [0.1, 0.15) is 0 Å². The number of aryl methyl sites for hydroxylation is 1. The number of rotatable bonds is 4. The molecule has 0 saturated heterocycles. The Morgan fingerprint density at radius 2 is 2.06 bits per heavy atom. The minimum absolute atomic E-state index is 0.148. The number of benzene rings is 1. The first-order valence-corrected chi connectivity index (χ1v) is 7.21. The first-order valence-electron chi connectivity index (χ1n) is 4.93. The van der Waals surface area contributed by atoms with E-state index in [2.05, 4.69) is 27.2 Å². The van der Waals surface area contributed by atoms with Crippen LogP contribution < -0.4 is 10.5 Å². The molecule has 0 aromatic heterocycles. The highest BCUT2D eigenvalue weighted by Gasteiger charge is 2.15. The van der Waals surface area contributed by atoms with Crippen molar-refractivity contribution < 1.29 is 8.42 Å². The van der Waals surface area contributed by atoms with Gasteiger partial charge in [-0.25, -0.2) is 13.1 Å². The molecular weight excluding hydrogens is 304 g/mol. The van der Waals surface area contributed by atoms with Gasteiger partial charge in [0.2, 0.25) is 10.0 Å². The molecule has 94 valence electrons. The molecular formula is C11H15BrN2O2S. The third-order valence-corrected chi connectivity index (χ3v) is 4.11. The van der Waals surface area contributed by atoms with Crippen LogP contribution in [0, 0.1) is 13.8 Å². The zero-order chi connectivity index (χ0) is 13.2. The molecule has 0 atom stereocenters. The summed E-state index contributed by atoms with van der Waals surface area (Å²) in [5.74, 6) is 0. The maximum absolute atomic E-state index is 11.9. The predicted octanol–water partition coefficient (Wildman–Crippen LogP) is 2.07. The van der Waals surface area contributed by atoms with Crippen LogP contribution >= 0.6 is 15.9 Å².